The number of nitrogens with zero attached hydrogens (tertiary/aromatic N) is 1. The van der Waals surface area contributed by atoms with E-state index in [1.54, 1.807) is 13.0 Å². The van der Waals surface area contributed by atoms with E-state index in [-0.39, 0.29) is 11.5 Å². The van der Waals surface area contributed by atoms with Crippen LogP contribution >= 0.6 is 11.3 Å². The van der Waals surface area contributed by atoms with E-state index in [4.69, 9.17) is 4.42 Å². The second kappa shape index (κ2) is 3.78. The third kappa shape index (κ3) is 1.73. The standard InChI is InChI=1S/C10H7NO3S/c1-6-7(4-12)2-9(15-6)10(13)8-3-11-5-14-8/h2-5H,1H3. The normalized spacial score (nSPS) is 10.2. The summed E-state index contributed by atoms with van der Waals surface area (Å²) in [5.74, 6) is -0.0533. The van der Waals surface area contributed by atoms with Crippen LogP contribution in [0.1, 0.15) is 30.7 Å². The van der Waals surface area contributed by atoms with Gasteiger partial charge in [-0.05, 0) is 13.0 Å². The minimum Gasteiger partial charge on any atom is -0.440 e. The van der Waals surface area contributed by atoms with E-state index in [1.807, 2.05) is 0 Å². The molecule has 2 heterocycles. The highest BCUT2D eigenvalue weighted by molar-refractivity contribution is 7.14. The summed E-state index contributed by atoms with van der Waals surface area (Å²) in [6.07, 6.45) is 3.30. The van der Waals surface area contributed by atoms with E-state index in [2.05, 4.69) is 4.98 Å². The van der Waals surface area contributed by atoms with E-state index in [0.717, 1.165) is 11.2 Å². The van der Waals surface area contributed by atoms with Crippen LogP contribution in [0.15, 0.2) is 23.1 Å². The molecule has 2 rings (SSSR count). The summed E-state index contributed by atoms with van der Waals surface area (Å²) in [6, 6.07) is 1.57. The van der Waals surface area contributed by atoms with Crippen molar-refractivity contribution in [1.29, 1.82) is 0 Å². The Morgan fingerprint density at radius 2 is 2.40 bits per heavy atom. The number of rotatable bonds is 3. The van der Waals surface area contributed by atoms with E-state index >= 15 is 0 Å². The van der Waals surface area contributed by atoms with Crippen molar-refractivity contribution in [3.63, 3.8) is 0 Å². The van der Waals surface area contributed by atoms with Gasteiger partial charge in [0.25, 0.3) is 0 Å². The van der Waals surface area contributed by atoms with Crippen molar-refractivity contribution in [2.75, 3.05) is 0 Å². The molecule has 0 spiro atoms. The molecular weight excluding hydrogens is 214 g/mol. The van der Waals surface area contributed by atoms with Crippen LogP contribution in [0.3, 0.4) is 0 Å². The first-order valence-corrected chi connectivity index (χ1v) is 5.03. The third-order valence-corrected chi connectivity index (χ3v) is 3.03. The van der Waals surface area contributed by atoms with Crippen LogP contribution < -0.4 is 0 Å². The maximum absolute atomic E-state index is 11.7. The monoisotopic (exact) mass is 221 g/mol. The smallest absolute Gasteiger partial charge is 0.239 e. The number of ketones is 1. The Morgan fingerprint density at radius 3 is 2.93 bits per heavy atom. The number of carbonyl (C=O) groups excluding carboxylic acids is 2. The molecule has 0 unspecified atom stereocenters. The molecule has 0 N–H and O–H groups in total. The predicted molar refractivity (Wildman–Crippen MR) is 54.4 cm³/mol. The Bertz CT molecular complexity index is 499. The van der Waals surface area contributed by atoms with Gasteiger partial charge in [-0.3, -0.25) is 9.59 Å². The fraction of sp³-hybridized carbons (Fsp3) is 0.100. The van der Waals surface area contributed by atoms with Gasteiger partial charge in [0.05, 0.1) is 11.1 Å². The largest absolute Gasteiger partial charge is 0.440 e. The molecule has 76 valence electrons. The second-order valence-electron chi connectivity index (χ2n) is 2.93. The zero-order valence-electron chi connectivity index (χ0n) is 7.89. The van der Waals surface area contributed by atoms with Crippen molar-refractivity contribution >= 4 is 23.4 Å². The number of carbonyl (C=O) groups is 2. The molecule has 4 nitrogen and oxygen atoms in total. The van der Waals surface area contributed by atoms with Crippen LogP contribution in [0.5, 0.6) is 0 Å². The summed E-state index contributed by atoms with van der Waals surface area (Å²) in [5.41, 5.74) is 0.544. The highest BCUT2D eigenvalue weighted by Crippen LogP contribution is 2.22. The van der Waals surface area contributed by atoms with Crippen molar-refractivity contribution in [2.24, 2.45) is 0 Å². The minimum absolute atomic E-state index is 0.189. The lowest BCUT2D eigenvalue weighted by molar-refractivity contribution is 0.101. The van der Waals surface area contributed by atoms with Crippen molar-refractivity contribution in [2.45, 2.75) is 6.92 Å². The van der Waals surface area contributed by atoms with E-state index in [0.29, 0.717) is 10.4 Å². The van der Waals surface area contributed by atoms with Gasteiger partial charge in [-0.15, -0.1) is 11.3 Å². The highest BCUT2D eigenvalue weighted by atomic mass is 32.1. The molecule has 0 aliphatic carbocycles. The molecule has 0 amide bonds. The number of oxazole rings is 1. The lowest BCUT2D eigenvalue weighted by atomic mass is 10.2. The molecule has 0 atom stereocenters. The molecule has 0 aliphatic heterocycles. The third-order valence-electron chi connectivity index (χ3n) is 1.96. The average molecular weight is 221 g/mol. The zero-order valence-corrected chi connectivity index (χ0v) is 8.71. The maximum atomic E-state index is 11.7. The lowest BCUT2D eigenvalue weighted by Gasteiger charge is -1.88. The number of aldehydes is 1. The lowest BCUT2D eigenvalue weighted by Crippen LogP contribution is -1.95. The molecule has 0 fully saturated rings. The molecule has 0 saturated carbocycles. The average Bonchev–Trinajstić information content (AvgIpc) is 2.85. The topological polar surface area (TPSA) is 60.2 Å². The number of hydrogen-bond donors (Lipinski definition) is 0. The first kappa shape index (κ1) is 9.79. The van der Waals surface area contributed by atoms with Crippen LogP contribution in [0.25, 0.3) is 0 Å². The van der Waals surface area contributed by atoms with Gasteiger partial charge in [0.2, 0.25) is 5.78 Å². The van der Waals surface area contributed by atoms with Crippen LogP contribution in [0.4, 0.5) is 0 Å². The number of aryl methyl sites for hydroxylation is 1. The summed E-state index contributed by atoms with van der Waals surface area (Å²) in [5, 5.41) is 0. The fourth-order valence-electron chi connectivity index (χ4n) is 1.17. The van der Waals surface area contributed by atoms with Gasteiger partial charge < -0.3 is 4.42 Å². The highest BCUT2D eigenvalue weighted by Gasteiger charge is 2.16. The Morgan fingerprint density at radius 1 is 1.60 bits per heavy atom. The fourth-order valence-corrected chi connectivity index (χ4v) is 2.11. The van der Waals surface area contributed by atoms with Gasteiger partial charge in [0.1, 0.15) is 0 Å². The van der Waals surface area contributed by atoms with Gasteiger partial charge in [0.15, 0.2) is 18.4 Å². The minimum atomic E-state index is -0.242. The summed E-state index contributed by atoms with van der Waals surface area (Å²) < 4.78 is 4.89. The molecule has 2 aromatic rings. The first-order chi connectivity index (χ1) is 7.22. The van der Waals surface area contributed by atoms with Gasteiger partial charge in [-0.1, -0.05) is 0 Å². The quantitative estimate of drug-likeness (QED) is 0.588. The number of aromatic nitrogens is 1. The van der Waals surface area contributed by atoms with Crippen molar-refractivity contribution in [3.8, 4) is 0 Å². The van der Waals surface area contributed by atoms with E-state index in [9.17, 15) is 9.59 Å². The molecule has 2 aromatic heterocycles. The van der Waals surface area contributed by atoms with Gasteiger partial charge in [0, 0.05) is 10.4 Å². The van der Waals surface area contributed by atoms with Crippen molar-refractivity contribution in [1.82, 2.24) is 4.98 Å². The molecule has 0 saturated heterocycles. The van der Waals surface area contributed by atoms with Gasteiger partial charge >= 0.3 is 0 Å². The van der Waals surface area contributed by atoms with Crippen LogP contribution in [-0.2, 0) is 0 Å². The Kier molecular flexibility index (Phi) is 2.47. The van der Waals surface area contributed by atoms with Gasteiger partial charge in [-0.25, -0.2) is 4.98 Å². The molecule has 0 bridgehead atoms. The summed E-state index contributed by atoms with van der Waals surface area (Å²) in [7, 11) is 0. The van der Waals surface area contributed by atoms with E-state index < -0.39 is 0 Å². The predicted octanol–water partition coefficient (Wildman–Crippen LogP) is 2.09. The summed E-state index contributed by atoms with van der Waals surface area (Å²) in [6.45, 7) is 1.80. The molecule has 0 aliphatic rings. The van der Waals surface area contributed by atoms with E-state index in [1.165, 1.54) is 23.9 Å². The number of thiophene rings is 1. The van der Waals surface area contributed by atoms with Crippen LogP contribution in [-0.4, -0.2) is 17.1 Å². The maximum Gasteiger partial charge on any atom is 0.239 e. The SMILES string of the molecule is Cc1sc(C(=O)c2cnco2)cc1C=O. The molecular formula is C10H7NO3S. The molecule has 0 aromatic carbocycles. The molecule has 0 radical (unpaired) electrons. The molecule has 15 heavy (non-hydrogen) atoms. The number of hydrogen-bond acceptors (Lipinski definition) is 5. The zero-order chi connectivity index (χ0) is 10.8. The van der Waals surface area contributed by atoms with Crippen molar-refractivity contribution in [3.05, 3.63) is 39.7 Å². The van der Waals surface area contributed by atoms with Crippen LogP contribution in [0, 0.1) is 6.92 Å². The van der Waals surface area contributed by atoms with Gasteiger partial charge in [-0.2, -0.15) is 0 Å². The molecule has 5 heteroatoms. The second-order valence-corrected chi connectivity index (χ2v) is 4.19. The first-order valence-electron chi connectivity index (χ1n) is 4.21. The van der Waals surface area contributed by atoms with Crippen LogP contribution in [0.2, 0.25) is 0 Å². The summed E-state index contributed by atoms with van der Waals surface area (Å²) in [4.78, 5) is 27.3. The summed E-state index contributed by atoms with van der Waals surface area (Å²) >= 11 is 1.28. The Hall–Kier alpha value is -1.75. The Balaban J connectivity index is 2.38. The Labute approximate surface area is 89.6 Å². The van der Waals surface area contributed by atoms with Crippen molar-refractivity contribution < 1.29 is 14.0 Å².